The minimum absolute atomic E-state index is 0.0161. The molecule has 0 radical (unpaired) electrons. The first-order valence-electron chi connectivity index (χ1n) is 8.57. The molecule has 0 fully saturated rings. The number of hydrogen-bond acceptors (Lipinski definition) is 8. The van der Waals surface area contributed by atoms with Crippen LogP contribution in [0.2, 0.25) is 0 Å². The third-order valence-electron chi connectivity index (χ3n) is 3.92. The monoisotopic (exact) mass is 412 g/mol. The number of hydrogen-bond donors (Lipinski definition) is 1. The van der Waals surface area contributed by atoms with E-state index in [9.17, 15) is 13.2 Å². The average molecular weight is 412 g/mol. The predicted octanol–water partition coefficient (Wildman–Crippen LogP) is 0.976. The van der Waals surface area contributed by atoms with E-state index in [-0.39, 0.29) is 30.3 Å². The summed E-state index contributed by atoms with van der Waals surface area (Å²) >= 11 is 0. The standard InChI is InChI=1S/C17H24N4O6S/c1-5-15-19-16(27-20-15)11-21(2)17(22)8-9-18-28(23,24)12-6-7-13(25-3)14(10-12)26-4/h6-7,10,18H,5,8-9,11H2,1-4H3. The molecule has 10 nitrogen and oxygen atoms in total. The van der Waals surface area contributed by atoms with E-state index in [4.69, 9.17) is 14.0 Å². The Hall–Kier alpha value is -2.66. The summed E-state index contributed by atoms with van der Waals surface area (Å²) in [6.07, 6.45) is 0.622. The van der Waals surface area contributed by atoms with Crippen molar-refractivity contribution in [1.29, 1.82) is 0 Å². The molecule has 1 heterocycles. The van der Waals surface area contributed by atoms with Gasteiger partial charge in [-0.1, -0.05) is 12.1 Å². The third-order valence-corrected chi connectivity index (χ3v) is 5.38. The summed E-state index contributed by atoms with van der Waals surface area (Å²) in [5, 5.41) is 3.77. The molecule has 2 aromatic rings. The van der Waals surface area contributed by atoms with E-state index in [1.807, 2.05) is 6.92 Å². The molecule has 0 saturated heterocycles. The Morgan fingerprint density at radius 3 is 2.57 bits per heavy atom. The van der Waals surface area contributed by atoms with Gasteiger partial charge in [0.1, 0.15) is 0 Å². The van der Waals surface area contributed by atoms with E-state index in [2.05, 4.69) is 14.9 Å². The van der Waals surface area contributed by atoms with Gasteiger partial charge >= 0.3 is 0 Å². The number of benzene rings is 1. The fraction of sp³-hybridized carbons (Fsp3) is 0.471. The van der Waals surface area contributed by atoms with Crippen LogP contribution < -0.4 is 14.2 Å². The summed E-state index contributed by atoms with van der Waals surface area (Å²) < 4.78 is 42.5. The van der Waals surface area contributed by atoms with E-state index < -0.39 is 10.0 Å². The molecule has 1 aromatic heterocycles. The number of rotatable bonds is 10. The van der Waals surface area contributed by atoms with Crippen LogP contribution in [0.1, 0.15) is 25.1 Å². The van der Waals surface area contributed by atoms with Gasteiger partial charge in [0.2, 0.25) is 21.8 Å². The van der Waals surface area contributed by atoms with Crippen LogP contribution in [0.15, 0.2) is 27.6 Å². The zero-order valence-electron chi connectivity index (χ0n) is 16.3. The minimum atomic E-state index is -3.80. The Morgan fingerprint density at radius 1 is 1.25 bits per heavy atom. The molecule has 1 N–H and O–H groups in total. The van der Waals surface area contributed by atoms with Gasteiger partial charge in [-0.25, -0.2) is 13.1 Å². The van der Waals surface area contributed by atoms with Gasteiger partial charge in [-0.3, -0.25) is 4.79 Å². The fourth-order valence-electron chi connectivity index (χ4n) is 2.34. The van der Waals surface area contributed by atoms with Crippen molar-refractivity contribution < 1.29 is 27.2 Å². The highest BCUT2D eigenvalue weighted by molar-refractivity contribution is 7.89. The Kier molecular flexibility index (Phi) is 7.35. The van der Waals surface area contributed by atoms with Crippen LogP contribution in [0.4, 0.5) is 0 Å². The molecule has 11 heteroatoms. The Bertz CT molecular complexity index is 912. The molecule has 0 bridgehead atoms. The summed E-state index contributed by atoms with van der Waals surface area (Å²) in [7, 11) is 0.671. The Morgan fingerprint density at radius 2 is 1.96 bits per heavy atom. The number of carbonyl (C=O) groups is 1. The van der Waals surface area contributed by atoms with Crippen molar-refractivity contribution in [3.05, 3.63) is 29.9 Å². The highest BCUT2D eigenvalue weighted by Gasteiger charge is 2.18. The predicted molar refractivity (Wildman–Crippen MR) is 99.5 cm³/mol. The zero-order chi connectivity index (χ0) is 20.7. The van der Waals surface area contributed by atoms with E-state index in [1.54, 1.807) is 7.05 Å². The molecule has 2 rings (SSSR count). The van der Waals surface area contributed by atoms with Crippen molar-refractivity contribution in [2.45, 2.75) is 31.2 Å². The van der Waals surface area contributed by atoms with Gasteiger partial charge in [-0.2, -0.15) is 4.98 Å². The molecule has 0 aliphatic rings. The molecule has 0 saturated carbocycles. The van der Waals surface area contributed by atoms with Crippen molar-refractivity contribution in [3.63, 3.8) is 0 Å². The molecule has 0 spiro atoms. The highest BCUT2D eigenvalue weighted by Crippen LogP contribution is 2.29. The van der Waals surface area contributed by atoms with Gasteiger partial charge in [0.15, 0.2) is 17.3 Å². The zero-order valence-corrected chi connectivity index (χ0v) is 17.1. The quantitative estimate of drug-likeness (QED) is 0.612. The number of nitrogens with zero attached hydrogens (tertiary/aromatic N) is 3. The molecule has 1 amide bonds. The summed E-state index contributed by atoms with van der Waals surface area (Å²) in [5.41, 5.74) is 0. The number of aryl methyl sites for hydroxylation is 1. The maximum absolute atomic E-state index is 12.4. The van der Waals surface area contributed by atoms with Crippen LogP contribution in [0.3, 0.4) is 0 Å². The largest absolute Gasteiger partial charge is 0.493 e. The van der Waals surface area contributed by atoms with Gasteiger partial charge in [0.25, 0.3) is 0 Å². The SMILES string of the molecule is CCc1noc(CN(C)C(=O)CCNS(=O)(=O)c2ccc(OC)c(OC)c2)n1. The minimum Gasteiger partial charge on any atom is -0.493 e. The lowest BCUT2D eigenvalue weighted by Crippen LogP contribution is -2.32. The van der Waals surface area contributed by atoms with Gasteiger partial charge in [-0.05, 0) is 12.1 Å². The van der Waals surface area contributed by atoms with E-state index in [1.165, 1.54) is 37.3 Å². The second-order valence-electron chi connectivity index (χ2n) is 5.87. The number of ether oxygens (including phenoxy) is 2. The van der Waals surface area contributed by atoms with Crippen LogP contribution >= 0.6 is 0 Å². The van der Waals surface area contributed by atoms with Gasteiger partial charge < -0.3 is 18.9 Å². The molecule has 0 aliphatic heterocycles. The van der Waals surface area contributed by atoms with E-state index >= 15 is 0 Å². The maximum Gasteiger partial charge on any atom is 0.246 e. The smallest absolute Gasteiger partial charge is 0.246 e. The number of methoxy groups -OCH3 is 2. The molecule has 0 atom stereocenters. The van der Waals surface area contributed by atoms with Crippen molar-refractivity contribution in [1.82, 2.24) is 19.8 Å². The molecule has 154 valence electrons. The van der Waals surface area contributed by atoms with Gasteiger partial charge in [-0.15, -0.1) is 0 Å². The summed E-state index contributed by atoms with van der Waals surface area (Å²) in [5.74, 6) is 1.36. The van der Waals surface area contributed by atoms with Crippen LogP contribution in [0.5, 0.6) is 11.5 Å². The van der Waals surface area contributed by atoms with Crippen LogP contribution in [-0.4, -0.2) is 57.2 Å². The lowest BCUT2D eigenvalue weighted by Gasteiger charge is -2.15. The third kappa shape index (κ3) is 5.42. The van der Waals surface area contributed by atoms with Crippen LogP contribution in [0, 0.1) is 0 Å². The number of carbonyl (C=O) groups excluding carboxylic acids is 1. The van der Waals surface area contributed by atoms with Crippen molar-refractivity contribution in [3.8, 4) is 11.5 Å². The van der Waals surface area contributed by atoms with Crippen molar-refractivity contribution >= 4 is 15.9 Å². The van der Waals surface area contributed by atoms with E-state index in [0.29, 0.717) is 29.6 Å². The summed E-state index contributed by atoms with van der Waals surface area (Å²) in [6.45, 7) is 2.01. The molecule has 1 aromatic carbocycles. The van der Waals surface area contributed by atoms with Crippen LogP contribution in [-0.2, 0) is 27.8 Å². The first-order valence-corrected chi connectivity index (χ1v) is 10.1. The Labute approximate surface area is 163 Å². The van der Waals surface area contributed by atoms with Gasteiger partial charge in [0.05, 0.1) is 25.7 Å². The van der Waals surface area contributed by atoms with Crippen molar-refractivity contribution in [2.24, 2.45) is 0 Å². The summed E-state index contributed by atoms with van der Waals surface area (Å²) in [4.78, 5) is 17.7. The second-order valence-corrected chi connectivity index (χ2v) is 7.64. The topological polar surface area (TPSA) is 124 Å². The normalized spacial score (nSPS) is 11.3. The van der Waals surface area contributed by atoms with Crippen LogP contribution in [0.25, 0.3) is 0 Å². The number of nitrogens with one attached hydrogen (secondary N) is 1. The van der Waals surface area contributed by atoms with E-state index in [0.717, 1.165) is 0 Å². The molecule has 0 aliphatic carbocycles. The first kappa shape index (κ1) is 21.6. The average Bonchev–Trinajstić information content (AvgIpc) is 3.14. The van der Waals surface area contributed by atoms with Crippen molar-refractivity contribution in [2.75, 3.05) is 27.8 Å². The fourth-order valence-corrected chi connectivity index (χ4v) is 3.39. The lowest BCUT2D eigenvalue weighted by atomic mass is 10.3. The molecule has 0 unspecified atom stereocenters. The number of aromatic nitrogens is 2. The molecule has 28 heavy (non-hydrogen) atoms. The number of sulfonamides is 1. The highest BCUT2D eigenvalue weighted by atomic mass is 32.2. The molecular formula is C17H24N4O6S. The maximum atomic E-state index is 12.4. The first-order chi connectivity index (χ1) is 13.3. The lowest BCUT2D eigenvalue weighted by molar-refractivity contribution is -0.130. The molecular weight excluding hydrogens is 388 g/mol. The second kappa shape index (κ2) is 9.51. The number of amides is 1. The Balaban J connectivity index is 1.91. The summed E-state index contributed by atoms with van der Waals surface area (Å²) in [6, 6.07) is 4.26. The van der Waals surface area contributed by atoms with Gasteiger partial charge in [0, 0.05) is 32.5 Å².